The van der Waals surface area contributed by atoms with Crippen LogP contribution in [0, 0.1) is 0 Å². The number of esters is 1. The van der Waals surface area contributed by atoms with Gasteiger partial charge in [0, 0.05) is 5.56 Å². The number of halogens is 1. The average Bonchev–Trinajstić information content (AvgIpc) is 2.57. The Hall–Kier alpha value is -2.04. The van der Waals surface area contributed by atoms with Crippen molar-refractivity contribution in [2.45, 2.75) is 32.4 Å². The fraction of sp³-hybridized carbons (Fsp3) is 0.316. The molecule has 0 spiro atoms. The highest BCUT2D eigenvalue weighted by Crippen LogP contribution is 2.33. The number of hydrogen-bond donors (Lipinski definition) is 1. The van der Waals surface area contributed by atoms with E-state index in [0.717, 1.165) is 11.1 Å². The molecule has 4 nitrogen and oxygen atoms in total. The van der Waals surface area contributed by atoms with Crippen molar-refractivity contribution >= 4 is 18.4 Å². The number of carbonyl (C=O) groups excluding carboxylic acids is 1. The van der Waals surface area contributed by atoms with E-state index in [9.17, 15) is 4.79 Å². The molecule has 130 valence electrons. The van der Waals surface area contributed by atoms with Crippen molar-refractivity contribution in [3.8, 4) is 5.75 Å². The van der Waals surface area contributed by atoms with E-state index >= 15 is 0 Å². The number of nitrogens with two attached hydrogens (primary N) is 1. The summed E-state index contributed by atoms with van der Waals surface area (Å²) >= 11 is 0. The predicted molar refractivity (Wildman–Crippen MR) is 97.5 cm³/mol. The van der Waals surface area contributed by atoms with Gasteiger partial charge >= 0.3 is 5.97 Å². The number of para-hydroxylation sites is 1. The maximum absolute atomic E-state index is 12.7. The molecule has 2 aromatic carbocycles. The van der Waals surface area contributed by atoms with Gasteiger partial charge < -0.3 is 9.47 Å². The van der Waals surface area contributed by atoms with Crippen LogP contribution >= 0.6 is 12.4 Å². The highest BCUT2D eigenvalue weighted by molar-refractivity contribution is 5.85. The Morgan fingerprint density at radius 2 is 1.67 bits per heavy atom. The standard InChI is InChI=1S/C19H23NO3.ClH/c1-3-17(20)23-19(21)18(14-10-6-5-7-11-14)15-12-8-9-13-16(15)22-4-2;/h5-13,17-18H,3-4,20H2,1-2H3;1H. The third-order valence-electron chi connectivity index (χ3n) is 3.57. The lowest BCUT2D eigenvalue weighted by atomic mass is 9.90. The van der Waals surface area contributed by atoms with Crippen LogP contribution in [0.2, 0.25) is 0 Å². The maximum atomic E-state index is 12.7. The van der Waals surface area contributed by atoms with Gasteiger partial charge in [0.25, 0.3) is 0 Å². The van der Waals surface area contributed by atoms with Crippen molar-refractivity contribution in [2.24, 2.45) is 5.73 Å². The molecule has 0 fully saturated rings. The predicted octanol–water partition coefficient (Wildman–Crippen LogP) is 3.88. The van der Waals surface area contributed by atoms with E-state index in [1.807, 2.05) is 68.4 Å². The van der Waals surface area contributed by atoms with Crippen molar-refractivity contribution in [1.82, 2.24) is 0 Å². The summed E-state index contributed by atoms with van der Waals surface area (Å²) in [6, 6.07) is 17.1. The molecular weight excluding hydrogens is 326 g/mol. The number of rotatable bonds is 7. The third kappa shape index (κ3) is 4.98. The SMILES string of the molecule is CCOc1ccccc1C(C(=O)OC(N)CC)c1ccccc1.Cl. The van der Waals surface area contributed by atoms with E-state index in [1.165, 1.54) is 0 Å². The molecule has 2 aromatic rings. The van der Waals surface area contributed by atoms with Crippen LogP contribution in [0.15, 0.2) is 54.6 Å². The fourth-order valence-electron chi connectivity index (χ4n) is 2.39. The Bertz CT molecular complexity index is 634. The summed E-state index contributed by atoms with van der Waals surface area (Å²) in [5.41, 5.74) is 7.43. The average molecular weight is 350 g/mol. The van der Waals surface area contributed by atoms with Crippen LogP contribution < -0.4 is 10.5 Å². The lowest BCUT2D eigenvalue weighted by molar-refractivity contribution is -0.149. The van der Waals surface area contributed by atoms with Gasteiger partial charge in [-0.2, -0.15) is 0 Å². The minimum atomic E-state index is -0.604. The Kier molecular flexibility index (Phi) is 8.30. The van der Waals surface area contributed by atoms with Gasteiger partial charge in [-0.25, -0.2) is 0 Å². The summed E-state index contributed by atoms with van der Waals surface area (Å²) in [7, 11) is 0. The summed E-state index contributed by atoms with van der Waals surface area (Å²) in [6.07, 6.45) is -0.0339. The number of ether oxygens (including phenoxy) is 2. The molecule has 2 atom stereocenters. The Labute approximate surface area is 149 Å². The molecule has 2 rings (SSSR count). The summed E-state index contributed by atoms with van der Waals surface area (Å²) in [4.78, 5) is 12.7. The zero-order valence-corrected chi connectivity index (χ0v) is 14.8. The van der Waals surface area contributed by atoms with Crippen molar-refractivity contribution < 1.29 is 14.3 Å². The molecule has 0 aromatic heterocycles. The van der Waals surface area contributed by atoms with Crippen molar-refractivity contribution in [2.75, 3.05) is 6.61 Å². The zero-order valence-electron chi connectivity index (χ0n) is 14.0. The topological polar surface area (TPSA) is 61.5 Å². The van der Waals surface area contributed by atoms with Gasteiger partial charge in [-0.1, -0.05) is 55.5 Å². The lowest BCUT2D eigenvalue weighted by Gasteiger charge is -2.21. The van der Waals surface area contributed by atoms with Crippen LogP contribution in [0.5, 0.6) is 5.75 Å². The summed E-state index contributed by atoms with van der Waals surface area (Å²) < 4.78 is 11.1. The highest BCUT2D eigenvalue weighted by atomic mass is 35.5. The molecule has 0 radical (unpaired) electrons. The Balaban J connectivity index is 0.00000288. The molecule has 2 N–H and O–H groups in total. The first-order valence-corrected chi connectivity index (χ1v) is 7.90. The van der Waals surface area contributed by atoms with Crippen molar-refractivity contribution in [1.29, 1.82) is 0 Å². The van der Waals surface area contributed by atoms with Gasteiger partial charge in [0.2, 0.25) is 0 Å². The first-order chi connectivity index (χ1) is 11.2. The fourth-order valence-corrected chi connectivity index (χ4v) is 2.39. The van der Waals surface area contributed by atoms with E-state index in [1.54, 1.807) is 0 Å². The second-order valence-corrected chi connectivity index (χ2v) is 5.20. The van der Waals surface area contributed by atoms with Gasteiger partial charge in [0.15, 0.2) is 6.23 Å². The summed E-state index contributed by atoms with van der Waals surface area (Å²) in [5, 5.41) is 0. The molecule has 0 amide bonds. The second kappa shape index (κ2) is 9.96. The molecular formula is C19H24ClNO3. The van der Waals surface area contributed by atoms with Crippen LogP contribution in [0.3, 0.4) is 0 Å². The van der Waals surface area contributed by atoms with Crippen LogP contribution in [-0.2, 0) is 9.53 Å². The minimum absolute atomic E-state index is 0. The molecule has 5 heteroatoms. The number of hydrogen-bond acceptors (Lipinski definition) is 4. The first-order valence-electron chi connectivity index (χ1n) is 7.90. The van der Waals surface area contributed by atoms with E-state index in [4.69, 9.17) is 15.2 Å². The molecule has 0 bridgehead atoms. The maximum Gasteiger partial charge on any atom is 0.319 e. The number of benzene rings is 2. The van der Waals surface area contributed by atoms with Gasteiger partial charge in [-0.05, 0) is 25.0 Å². The second-order valence-electron chi connectivity index (χ2n) is 5.20. The molecule has 0 aliphatic rings. The van der Waals surface area contributed by atoms with Crippen LogP contribution in [0.1, 0.15) is 37.3 Å². The van der Waals surface area contributed by atoms with Crippen LogP contribution in [0.4, 0.5) is 0 Å². The Morgan fingerprint density at radius 3 is 2.29 bits per heavy atom. The zero-order chi connectivity index (χ0) is 16.7. The molecule has 0 heterocycles. The molecule has 0 saturated carbocycles. The summed E-state index contributed by atoms with van der Waals surface area (Å²) in [5.74, 6) is -0.236. The normalized spacial score (nSPS) is 12.6. The quantitative estimate of drug-likeness (QED) is 0.608. The monoisotopic (exact) mass is 349 g/mol. The summed E-state index contributed by atoms with van der Waals surface area (Å²) in [6.45, 7) is 4.32. The van der Waals surface area contributed by atoms with Gasteiger partial charge in [0.1, 0.15) is 11.7 Å². The third-order valence-corrected chi connectivity index (χ3v) is 3.57. The van der Waals surface area contributed by atoms with E-state index < -0.39 is 12.1 Å². The van der Waals surface area contributed by atoms with Crippen LogP contribution in [-0.4, -0.2) is 18.8 Å². The van der Waals surface area contributed by atoms with Gasteiger partial charge in [-0.15, -0.1) is 12.4 Å². The van der Waals surface area contributed by atoms with Gasteiger partial charge in [-0.3, -0.25) is 10.5 Å². The van der Waals surface area contributed by atoms with E-state index in [0.29, 0.717) is 18.8 Å². The lowest BCUT2D eigenvalue weighted by Crippen LogP contribution is -2.29. The first kappa shape index (κ1) is 20.0. The van der Waals surface area contributed by atoms with Gasteiger partial charge in [0.05, 0.1) is 6.61 Å². The Morgan fingerprint density at radius 1 is 1.04 bits per heavy atom. The molecule has 2 unspecified atom stereocenters. The van der Waals surface area contributed by atoms with Crippen molar-refractivity contribution in [3.63, 3.8) is 0 Å². The van der Waals surface area contributed by atoms with E-state index in [2.05, 4.69) is 0 Å². The minimum Gasteiger partial charge on any atom is -0.494 e. The largest absolute Gasteiger partial charge is 0.494 e. The molecule has 0 aliphatic carbocycles. The van der Waals surface area contributed by atoms with Crippen LogP contribution in [0.25, 0.3) is 0 Å². The van der Waals surface area contributed by atoms with Crippen molar-refractivity contribution in [3.05, 3.63) is 65.7 Å². The molecule has 0 aliphatic heterocycles. The number of carbonyl (C=O) groups is 1. The van der Waals surface area contributed by atoms with E-state index in [-0.39, 0.29) is 18.4 Å². The molecule has 24 heavy (non-hydrogen) atoms. The molecule has 0 saturated heterocycles. The smallest absolute Gasteiger partial charge is 0.319 e. The highest BCUT2D eigenvalue weighted by Gasteiger charge is 2.28.